The number of hydrogen-bond donors (Lipinski definition) is 0. The average molecular weight is 286 g/mol. The lowest BCUT2D eigenvalue weighted by atomic mass is 10.2. The van der Waals surface area contributed by atoms with E-state index in [0.29, 0.717) is 0 Å². The van der Waals surface area contributed by atoms with Gasteiger partial charge in [0.15, 0.2) is 18.7 Å². The van der Waals surface area contributed by atoms with E-state index in [0.717, 1.165) is 16.0 Å². The van der Waals surface area contributed by atoms with Gasteiger partial charge < -0.3 is 0 Å². The molecule has 3 aromatic heterocycles. The number of aromatic nitrogens is 1. The zero-order valence-corrected chi connectivity index (χ0v) is 12.0. The molecular weight excluding hydrogens is 274 g/mol. The number of carbonyl (C=O) groups is 1. The highest BCUT2D eigenvalue weighted by molar-refractivity contribution is 7.24. The van der Waals surface area contributed by atoms with Crippen LogP contribution >= 0.6 is 22.7 Å². The van der Waals surface area contributed by atoms with Crippen LogP contribution in [-0.2, 0) is 7.05 Å². The van der Waals surface area contributed by atoms with Crippen molar-refractivity contribution in [1.82, 2.24) is 0 Å². The van der Waals surface area contributed by atoms with Crippen LogP contribution in [0, 0.1) is 0 Å². The van der Waals surface area contributed by atoms with Crippen LogP contribution in [0.25, 0.3) is 20.2 Å². The Morgan fingerprint density at radius 2 is 1.53 bits per heavy atom. The Bertz CT molecular complexity index is 710. The van der Waals surface area contributed by atoms with Crippen LogP contribution in [0.2, 0.25) is 0 Å². The van der Waals surface area contributed by atoms with Crippen LogP contribution in [0.15, 0.2) is 48.8 Å². The summed E-state index contributed by atoms with van der Waals surface area (Å²) in [5.41, 5.74) is 1.22. The van der Waals surface area contributed by atoms with Gasteiger partial charge in [-0.3, -0.25) is 4.79 Å². The molecule has 0 bridgehead atoms. The van der Waals surface area contributed by atoms with E-state index >= 15 is 0 Å². The van der Waals surface area contributed by atoms with E-state index in [1.807, 2.05) is 36.1 Å². The molecule has 0 aromatic carbocycles. The van der Waals surface area contributed by atoms with E-state index in [4.69, 9.17) is 0 Å². The van der Waals surface area contributed by atoms with E-state index in [1.165, 1.54) is 26.7 Å². The zero-order chi connectivity index (χ0) is 13.2. The van der Waals surface area contributed by atoms with Gasteiger partial charge in [0.05, 0.1) is 4.88 Å². The van der Waals surface area contributed by atoms with Crippen molar-refractivity contribution in [3.63, 3.8) is 0 Å². The summed E-state index contributed by atoms with van der Waals surface area (Å²) < 4.78 is 2.02. The van der Waals surface area contributed by atoms with Gasteiger partial charge in [0.25, 0.3) is 0 Å². The molecule has 0 unspecified atom stereocenters. The minimum absolute atomic E-state index is 0.775. The highest BCUT2D eigenvalue weighted by atomic mass is 32.1. The molecule has 3 rings (SSSR count). The molecule has 3 aromatic rings. The van der Waals surface area contributed by atoms with Crippen molar-refractivity contribution in [2.75, 3.05) is 0 Å². The molecule has 2 nitrogen and oxygen atoms in total. The Morgan fingerprint density at radius 3 is 2.21 bits per heavy atom. The van der Waals surface area contributed by atoms with Gasteiger partial charge in [-0.2, -0.15) is 0 Å². The van der Waals surface area contributed by atoms with Gasteiger partial charge >= 0.3 is 0 Å². The van der Waals surface area contributed by atoms with E-state index in [-0.39, 0.29) is 0 Å². The number of nitrogens with zero attached hydrogens (tertiary/aromatic N) is 1. The number of thiophene rings is 2. The minimum Gasteiger partial charge on any atom is -0.297 e. The molecule has 0 saturated carbocycles. The van der Waals surface area contributed by atoms with Gasteiger partial charge in [0.1, 0.15) is 7.05 Å². The Balaban J connectivity index is 1.94. The second kappa shape index (κ2) is 5.07. The molecule has 0 aliphatic rings. The maximum atomic E-state index is 10.7. The molecule has 0 amide bonds. The summed E-state index contributed by atoms with van der Waals surface area (Å²) in [5.74, 6) is 0. The fraction of sp³-hybridized carbons (Fsp3) is 0.0667. The number of aldehydes is 1. The smallest absolute Gasteiger partial charge is 0.169 e. The molecule has 4 heteroatoms. The van der Waals surface area contributed by atoms with Crippen LogP contribution in [0.5, 0.6) is 0 Å². The first-order chi connectivity index (χ1) is 9.26. The average Bonchev–Trinajstić information content (AvgIpc) is 3.08. The third-order valence-corrected chi connectivity index (χ3v) is 5.20. The minimum atomic E-state index is 0.775. The van der Waals surface area contributed by atoms with Crippen molar-refractivity contribution in [2.24, 2.45) is 7.05 Å². The Kier molecular flexibility index (Phi) is 3.27. The van der Waals surface area contributed by atoms with E-state index < -0.39 is 0 Å². The molecule has 0 fully saturated rings. The third-order valence-electron chi connectivity index (χ3n) is 2.85. The van der Waals surface area contributed by atoms with Crippen molar-refractivity contribution in [2.45, 2.75) is 0 Å². The molecule has 19 heavy (non-hydrogen) atoms. The normalized spacial score (nSPS) is 10.6. The van der Waals surface area contributed by atoms with Crippen molar-refractivity contribution in [3.8, 4) is 20.2 Å². The molecule has 3 heterocycles. The van der Waals surface area contributed by atoms with Gasteiger partial charge in [-0.1, -0.05) is 0 Å². The van der Waals surface area contributed by atoms with Crippen molar-refractivity contribution in [1.29, 1.82) is 0 Å². The van der Waals surface area contributed by atoms with Crippen molar-refractivity contribution in [3.05, 3.63) is 53.7 Å². The second-order valence-electron chi connectivity index (χ2n) is 4.24. The van der Waals surface area contributed by atoms with Gasteiger partial charge in [-0.25, -0.2) is 4.57 Å². The first kappa shape index (κ1) is 12.3. The third kappa shape index (κ3) is 2.50. The molecule has 94 valence electrons. The van der Waals surface area contributed by atoms with E-state index in [1.54, 1.807) is 11.3 Å². The predicted molar refractivity (Wildman–Crippen MR) is 79.6 cm³/mol. The highest BCUT2D eigenvalue weighted by Crippen LogP contribution is 2.37. The summed E-state index contributed by atoms with van der Waals surface area (Å²) >= 11 is 3.29. The van der Waals surface area contributed by atoms with Crippen molar-refractivity contribution < 1.29 is 9.36 Å². The summed E-state index contributed by atoms with van der Waals surface area (Å²) in [5, 5.41) is 0. The largest absolute Gasteiger partial charge is 0.297 e. The highest BCUT2D eigenvalue weighted by Gasteiger charge is 2.08. The fourth-order valence-corrected chi connectivity index (χ4v) is 3.76. The number of hydrogen-bond acceptors (Lipinski definition) is 3. The van der Waals surface area contributed by atoms with Crippen molar-refractivity contribution >= 4 is 29.0 Å². The lowest BCUT2D eigenvalue weighted by Gasteiger charge is -1.94. The number of rotatable bonds is 3. The summed E-state index contributed by atoms with van der Waals surface area (Å²) in [4.78, 5) is 15.1. The summed E-state index contributed by atoms with van der Waals surface area (Å²) in [6, 6.07) is 12.4. The molecule has 0 spiro atoms. The van der Waals surface area contributed by atoms with Crippen LogP contribution in [0.1, 0.15) is 9.67 Å². The number of pyridine rings is 1. The second-order valence-corrected chi connectivity index (χ2v) is 6.44. The maximum Gasteiger partial charge on any atom is 0.169 e. The van der Waals surface area contributed by atoms with E-state index in [9.17, 15) is 4.79 Å². The lowest BCUT2D eigenvalue weighted by molar-refractivity contribution is -0.671. The lowest BCUT2D eigenvalue weighted by Crippen LogP contribution is -2.25. The summed E-state index contributed by atoms with van der Waals surface area (Å²) in [6.07, 6.45) is 4.99. The monoisotopic (exact) mass is 286 g/mol. The molecular formula is C15H12NOS2+. The fourth-order valence-electron chi connectivity index (χ4n) is 1.84. The Labute approximate surface area is 119 Å². The molecule has 0 aliphatic carbocycles. The van der Waals surface area contributed by atoms with Crippen LogP contribution in [-0.4, -0.2) is 6.29 Å². The predicted octanol–water partition coefficient (Wildman–Crippen LogP) is 3.78. The quantitative estimate of drug-likeness (QED) is 0.530. The van der Waals surface area contributed by atoms with Crippen LogP contribution < -0.4 is 4.57 Å². The SMILES string of the molecule is C[n+]1ccc(-c2ccc(-c3ccc(C=O)s3)s2)cc1. The van der Waals surface area contributed by atoms with Crippen LogP contribution in [0.4, 0.5) is 0 Å². The molecule has 0 atom stereocenters. The van der Waals surface area contributed by atoms with Gasteiger partial charge in [-0.15, -0.1) is 22.7 Å². The standard InChI is InChI=1S/C15H12NOS2/c1-16-8-6-11(7-9-16)13-4-5-15(19-13)14-3-2-12(10-17)18-14/h2-10H,1H3/q+1. The zero-order valence-electron chi connectivity index (χ0n) is 10.4. The molecule has 0 saturated heterocycles. The van der Waals surface area contributed by atoms with Crippen LogP contribution in [0.3, 0.4) is 0 Å². The first-order valence-electron chi connectivity index (χ1n) is 5.87. The molecule has 0 N–H and O–H groups in total. The summed E-state index contributed by atoms with van der Waals surface area (Å²) in [7, 11) is 2.01. The molecule has 0 radical (unpaired) electrons. The topological polar surface area (TPSA) is 20.9 Å². The Hall–Kier alpha value is -1.78. The van der Waals surface area contributed by atoms with E-state index in [2.05, 4.69) is 24.3 Å². The Morgan fingerprint density at radius 1 is 0.895 bits per heavy atom. The van der Waals surface area contributed by atoms with Gasteiger partial charge in [0.2, 0.25) is 0 Å². The molecule has 0 aliphatic heterocycles. The number of aryl methyl sites for hydroxylation is 1. The van der Waals surface area contributed by atoms with Gasteiger partial charge in [-0.05, 0) is 24.3 Å². The summed E-state index contributed by atoms with van der Waals surface area (Å²) in [6.45, 7) is 0. The maximum absolute atomic E-state index is 10.7. The first-order valence-corrected chi connectivity index (χ1v) is 7.50. The number of carbonyl (C=O) groups excluding carboxylic acids is 1. The van der Waals surface area contributed by atoms with Gasteiger partial charge in [0, 0.05) is 32.3 Å².